The minimum Gasteiger partial charge on any atom is -0.478 e. The van der Waals surface area contributed by atoms with Crippen LogP contribution in [0.4, 0.5) is 15.8 Å². The van der Waals surface area contributed by atoms with Gasteiger partial charge in [-0.2, -0.15) is 0 Å². The third-order valence-electron chi connectivity index (χ3n) is 3.26. The average Bonchev–Trinajstić information content (AvgIpc) is 2.42. The van der Waals surface area contributed by atoms with Crippen LogP contribution in [0.5, 0.6) is 0 Å². The van der Waals surface area contributed by atoms with Crippen LogP contribution in [0.3, 0.4) is 0 Å². The molecular formula is C12H13FN2O5S. The fourth-order valence-corrected chi connectivity index (χ4v) is 3.45. The van der Waals surface area contributed by atoms with E-state index in [1.165, 1.54) is 0 Å². The van der Waals surface area contributed by atoms with Gasteiger partial charge in [0.05, 0.1) is 16.6 Å². The van der Waals surface area contributed by atoms with Gasteiger partial charge in [-0.05, 0) is 18.9 Å². The summed E-state index contributed by atoms with van der Waals surface area (Å²) in [6.07, 6.45) is 1.12. The maximum atomic E-state index is 13.5. The van der Waals surface area contributed by atoms with Crippen LogP contribution in [0.15, 0.2) is 12.1 Å². The molecule has 9 heteroatoms. The zero-order valence-corrected chi connectivity index (χ0v) is 11.7. The van der Waals surface area contributed by atoms with Crippen molar-refractivity contribution in [1.82, 2.24) is 0 Å². The summed E-state index contributed by atoms with van der Waals surface area (Å²) in [5, 5.41) is 22.7. The topological polar surface area (TPSA) is 110 Å². The van der Waals surface area contributed by atoms with Gasteiger partial charge in [0.1, 0.15) is 11.5 Å². The Hall–Kier alpha value is -2.03. The molecule has 1 aromatic rings. The van der Waals surface area contributed by atoms with Crippen molar-refractivity contribution in [2.75, 3.05) is 16.8 Å². The van der Waals surface area contributed by atoms with E-state index in [0.29, 0.717) is 30.4 Å². The molecule has 2 N–H and O–H groups in total. The first kappa shape index (κ1) is 15.4. The smallest absolute Gasteiger partial charge is 0.338 e. The van der Waals surface area contributed by atoms with Gasteiger partial charge in [-0.15, -0.1) is 0 Å². The number of aromatic carboxylic acids is 1. The monoisotopic (exact) mass is 316 g/mol. The zero-order valence-electron chi connectivity index (χ0n) is 10.9. The van der Waals surface area contributed by atoms with Crippen LogP contribution in [0.1, 0.15) is 23.2 Å². The normalized spacial score (nSPS) is 21.8. The maximum Gasteiger partial charge on any atom is 0.338 e. The standard InChI is InChI=1S/C12H13FN2O5S/c13-9-6-11(15(18)19)10(5-8(9)12(16)17)14-7-1-3-21(20)4-2-7/h5-7,14H,1-4H2,(H,16,17). The van der Waals surface area contributed by atoms with Gasteiger partial charge in [0, 0.05) is 28.3 Å². The van der Waals surface area contributed by atoms with E-state index in [0.717, 1.165) is 6.07 Å². The van der Waals surface area contributed by atoms with E-state index in [-0.39, 0.29) is 11.7 Å². The molecule has 1 aliphatic heterocycles. The second kappa shape index (κ2) is 6.17. The lowest BCUT2D eigenvalue weighted by atomic mass is 10.1. The molecule has 0 unspecified atom stereocenters. The minimum absolute atomic E-state index is 0.0310. The van der Waals surface area contributed by atoms with Crippen LogP contribution >= 0.6 is 0 Å². The van der Waals surface area contributed by atoms with Crippen molar-refractivity contribution in [1.29, 1.82) is 0 Å². The van der Waals surface area contributed by atoms with Gasteiger partial charge in [-0.1, -0.05) is 0 Å². The molecule has 1 saturated heterocycles. The fraction of sp³-hybridized carbons (Fsp3) is 0.417. The lowest BCUT2D eigenvalue weighted by Gasteiger charge is -2.23. The van der Waals surface area contributed by atoms with Crippen LogP contribution in [0.2, 0.25) is 0 Å². The first-order chi connectivity index (χ1) is 9.88. The summed E-state index contributed by atoms with van der Waals surface area (Å²) in [7, 11) is -0.876. The highest BCUT2D eigenvalue weighted by Crippen LogP contribution is 2.29. The molecule has 0 saturated carbocycles. The Bertz CT molecular complexity index is 612. The Morgan fingerprint density at radius 2 is 2.05 bits per heavy atom. The van der Waals surface area contributed by atoms with Crippen molar-refractivity contribution in [3.05, 3.63) is 33.6 Å². The molecule has 0 radical (unpaired) electrons. The number of benzene rings is 1. The Balaban J connectivity index is 2.31. The third kappa shape index (κ3) is 3.54. The quantitative estimate of drug-likeness (QED) is 0.647. The molecule has 0 aromatic heterocycles. The lowest BCUT2D eigenvalue weighted by Crippen LogP contribution is -2.29. The van der Waals surface area contributed by atoms with E-state index in [2.05, 4.69) is 5.32 Å². The first-order valence-corrected chi connectivity index (χ1v) is 7.70. The number of halogens is 1. The van der Waals surface area contributed by atoms with Gasteiger partial charge in [0.15, 0.2) is 0 Å². The van der Waals surface area contributed by atoms with E-state index < -0.39 is 38.8 Å². The van der Waals surface area contributed by atoms with E-state index in [1.807, 2.05) is 0 Å². The Morgan fingerprint density at radius 1 is 1.43 bits per heavy atom. The molecule has 0 amide bonds. The van der Waals surface area contributed by atoms with Gasteiger partial charge in [-0.25, -0.2) is 9.18 Å². The number of carboxylic acids is 1. The number of carboxylic acid groups (broad SMARTS) is 1. The van der Waals surface area contributed by atoms with Crippen molar-refractivity contribution in [3.8, 4) is 0 Å². The summed E-state index contributed by atoms with van der Waals surface area (Å²) >= 11 is 0. The number of nitrogens with zero attached hydrogens (tertiary/aromatic N) is 1. The number of nitro benzene ring substituents is 1. The number of hydrogen-bond acceptors (Lipinski definition) is 5. The van der Waals surface area contributed by atoms with E-state index in [1.54, 1.807) is 0 Å². The number of rotatable bonds is 4. The molecular weight excluding hydrogens is 303 g/mol. The molecule has 1 aliphatic rings. The molecule has 0 atom stereocenters. The van der Waals surface area contributed by atoms with Gasteiger partial charge < -0.3 is 10.4 Å². The summed E-state index contributed by atoms with van der Waals surface area (Å²) in [5.74, 6) is -1.67. The molecule has 0 spiro atoms. The second-order valence-corrected chi connectivity index (χ2v) is 6.37. The van der Waals surface area contributed by atoms with Crippen LogP contribution in [-0.2, 0) is 10.8 Å². The summed E-state index contributed by atoms with van der Waals surface area (Å²) in [5.41, 5.74) is -1.16. The Labute approximate surface area is 121 Å². The molecule has 1 fully saturated rings. The Kier molecular flexibility index (Phi) is 4.51. The van der Waals surface area contributed by atoms with Crippen LogP contribution < -0.4 is 5.32 Å². The molecule has 7 nitrogen and oxygen atoms in total. The van der Waals surface area contributed by atoms with Crippen molar-refractivity contribution in [3.63, 3.8) is 0 Å². The summed E-state index contributed by atoms with van der Waals surface area (Å²) in [6, 6.07) is 1.39. The number of nitrogens with one attached hydrogen (secondary N) is 1. The minimum atomic E-state index is -1.49. The summed E-state index contributed by atoms with van der Waals surface area (Å²) in [6.45, 7) is 0. The summed E-state index contributed by atoms with van der Waals surface area (Å²) in [4.78, 5) is 21.1. The number of anilines is 1. The zero-order chi connectivity index (χ0) is 15.6. The predicted molar refractivity (Wildman–Crippen MR) is 74.5 cm³/mol. The molecule has 114 valence electrons. The Morgan fingerprint density at radius 3 is 2.57 bits per heavy atom. The molecule has 0 bridgehead atoms. The average molecular weight is 316 g/mol. The molecule has 1 aromatic carbocycles. The van der Waals surface area contributed by atoms with E-state index >= 15 is 0 Å². The molecule has 2 rings (SSSR count). The highest BCUT2D eigenvalue weighted by atomic mass is 32.2. The van der Waals surface area contributed by atoms with Crippen LogP contribution in [0, 0.1) is 15.9 Å². The highest BCUT2D eigenvalue weighted by molar-refractivity contribution is 7.85. The number of nitro groups is 1. The SMILES string of the molecule is O=C(O)c1cc(NC2CCS(=O)CC2)c([N+](=O)[O-])cc1F. The van der Waals surface area contributed by atoms with Gasteiger partial charge >= 0.3 is 5.97 Å². The first-order valence-electron chi connectivity index (χ1n) is 6.21. The van der Waals surface area contributed by atoms with Crippen LogP contribution in [0.25, 0.3) is 0 Å². The van der Waals surface area contributed by atoms with Crippen molar-refractivity contribution in [2.45, 2.75) is 18.9 Å². The van der Waals surface area contributed by atoms with E-state index in [4.69, 9.17) is 5.11 Å². The van der Waals surface area contributed by atoms with Crippen molar-refractivity contribution >= 4 is 28.1 Å². The van der Waals surface area contributed by atoms with Gasteiger partial charge in [-0.3, -0.25) is 14.3 Å². The van der Waals surface area contributed by atoms with Gasteiger partial charge in [0.2, 0.25) is 0 Å². The highest BCUT2D eigenvalue weighted by Gasteiger charge is 2.25. The number of hydrogen-bond donors (Lipinski definition) is 2. The van der Waals surface area contributed by atoms with Gasteiger partial charge in [0.25, 0.3) is 5.69 Å². The number of carbonyl (C=O) groups is 1. The lowest BCUT2D eigenvalue weighted by molar-refractivity contribution is -0.384. The third-order valence-corrected chi connectivity index (χ3v) is 4.64. The summed E-state index contributed by atoms with van der Waals surface area (Å²) < 4.78 is 24.8. The van der Waals surface area contributed by atoms with E-state index in [9.17, 15) is 23.5 Å². The maximum absolute atomic E-state index is 13.5. The second-order valence-electron chi connectivity index (χ2n) is 4.68. The molecule has 0 aliphatic carbocycles. The molecule has 21 heavy (non-hydrogen) atoms. The van der Waals surface area contributed by atoms with Crippen molar-refractivity contribution < 1.29 is 23.4 Å². The largest absolute Gasteiger partial charge is 0.478 e. The predicted octanol–water partition coefficient (Wildman–Crippen LogP) is 1.76. The fourth-order valence-electron chi connectivity index (χ4n) is 2.15. The molecule has 1 heterocycles. The van der Waals surface area contributed by atoms with Crippen LogP contribution in [-0.4, -0.2) is 37.8 Å². The van der Waals surface area contributed by atoms with Crippen molar-refractivity contribution in [2.24, 2.45) is 0 Å².